The maximum Gasteiger partial charge on any atom is 0.335 e. The summed E-state index contributed by atoms with van der Waals surface area (Å²) >= 11 is 0. The summed E-state index contributed by atoms with van der Waals surface area (Å²) in [7, 11) is 1.77. The lowest BCUT2D eigenvalue weighted by Crippen LogP contribution is -2.42. The molecular weight excluding hydrogens is 182 g/mol. The molecule has 2 heterocycles. The van der Waals surface area contributed by atoms with Gasteiger partial charge in [0.15, 0.2) is 0 Å². The van der Waals surface area contributed by atoms with Gasteiger partial charge in [-0.15, -0.1) is 0 Å². The molecule has 1 aromatic heterocycles. The van der Waals surface area contributed by atoms with Gasteiger partial charge >= 0.3 is 6.01 Å². The van der Waals surface area contributed by atoms with Crippen LogP contribution in [0, 0.1) is 0 Å². The molecule has 1 fully saturated rings. The first-order valence-electron chi connectivity index (χ1n) is 4.88. The minimum atomic E-state index is 0.191. The lowest BCUT2D eigenvalue weighted by atomic mass is 10.0. The maximum absolute atomic E-state index is 5.64. The van der Waals surface area contributed by atoms with E-state index in [0.29, 0.717) is 12.1 Å². The van der Waals surface area contributed by atoms with Crippen LogP contribution in [0.1, 0.15) is 19.8 Å². The van der Waals surface area contributed by atoms with Crippen molar-refractivity contribution in [1.82, 2.24) is 25.5 Å². The number of tetrazole rings is 1. The highest BCUT2D eigenvalue weighted by Crippen LogP contribution is 2.13. The first kappa shape index (κ1) is 9.39. The van der Waals surface area contributed by atoms with Gasteiger partial charge in [0, 0.05) is 19.6 Å². The van der Waals surface area contributed by atoms with Crippen LogP contribution in [0.15, 0.2) is 0 Å². The fourth-order valence-electron chi connectivity index (χ4n) is 1.54. The van der Waals surface area contributed by atoms with Crippen molar-refractivity contribution < 1.29 is 4.74 Å². The molecule has 0 aliphatic carbocycles. The van der Waals surface area contributed by atoms with E-state index in [2.05, 4.69) is 27.8 Å². The molecular formula is C8H15N5O. The van der Waals surface area contributed by atoms with Gasteiger partial charge in [-0.1, -0.05) is 5.10 Å². The van der Waals surface area contributed by atoms with E-state index in [0.717, 1.165) is 19.4 Å². The largest absolute Gasteiger partial charge is 0.458 e. The molecule has 0 radical (unpaired) electrons. The van der Waals surface area contributed by atoms with Crippen molar-refractivity contribution in [2.45, 2.75) is 31.9 Å². The zero-order chi connectivity index (χ0) is 9.97. The Labute approximate surface area is 82.6 Å². The van der Waals surface area contributed by atoms with Gasteiger partial charge in [0.05, 0.1) is 0 Å². The Hall–Kier alpha value is -1.17. The summed E-state index contributed by atoms with van der Waals surface area (Å²) in [5, 5.41) is 14.4. The van der Waals surface area contributed by atoms with Crippen LogP contribution in [0.3, 0.4) is 0 Å². The summed E-state index contributed by atoms with van der Waals surface area (Å²) < 4.78 is 7.18. The van der Waals surface area contributed by atoms with E-state index in [1.165, 1.54) is 4.68 Å². The molecule has 2 rings (SSSR count). The molecule has 0 aromatic carbocycles. The topological polar surface area (TPSA) is 64.9 Å². The normalized spacial score (nSPS) is 27.6. The Morgan fingerprint density at radius 1 is 1.50 bits per heavy atom. The molecule has 1 N–H and O–H groups in total. The lowest BCUT2D eigenvalue weighted by Gasteiger charge is -2.27. The average molecular weight is 197 g/mol. The molecule has 1 aromatic rings. The van der Waals surface area contributed by atoms with E-state index in [9.17, 15) is 0 Å². The van der Waals surface area contributed by atoms with Gasteiger partial charge in [-0.2, -0.15) is 4.68 Å². The molecule has 0 bridgehead atoms. The van der Waals surface area contributed by atoms with Crippen molar-refractivity contribution in [2.75, 3.05) is 6.54 Å². The van der Waals surface area contributed by atoms with Crippen molar-refractivity contribution in [2.24, 2.45) is 7.05 Å². The monoisotopic (exact) mass is 197 g/mol. The highest BCUT2D eigenvalue weighted by molar-refractivity contribution is 4.89. The van der Waals surface area contributed by atoms with Crippen LogP contribution in [0.25, 0.3) is 0 Å². The molecule has 1 saturated heterocycles. The standard InChI is InChI=1S/C8H15N5O/c1-6-3-4-7(5-9-6)14-8-10-11-12-13(8)2/h6-7,9H,3-5H2,1-2H3. The Morgan fingerprint density at radius 2 is 2.36 bits per heavy atom. The predicted octanol–water partition coefficient (Wildman–Crippen LogP) is -0.271. The third-order valence-electron chi connectivity index (χ3n) is 2.47. The van der Waals surface area contributed by atoms with Gasteiger partial charge in [-0.25, -0.2) is 0 Å². The van der Waals surface area contributed by atoms with Crippen LogP contribution < -0.4 is 10.1 Å². The Morgan fingerprint density at radius 3 is 2.93 bits per heavy atom. The lowest BCUT2D eigenvalue weighted by molar-refractivity contribution is 0.134. The van der Waals surface area contributed by atoms with Crippen LogP contribution in [0.5, 0.6) is 6.01 Å². The molecule has 14 heavy (non-hydrogen) atoms. The van der Waals surface area contributed by atoms with Crippen LogP contribution in [-0.2, 0) is 7.05 Å². The van der Waals surface area contributed by atoms with Crippen LogP contribution in [0.2, 0.25) is 0 Å². The van der Waals surface area contributed by atoms with Crippen LogP contribution in [0.4, 0.5) is 0 Å². The molecule has 6 nitrogen and oxygen atoms in total. The number of aromatic nitrogens is 4. The van der Waals surface area contributed by atoms with Gasteiger partial charge in [0.25, 0.3) is 0 Å². The molecule has 0 amide bonds. The number of aryl methyl sites for hydroxylation is 1. The van der Waals surface area contributed by atoms with Crippen molar-refractivity contribution in [3.8, 4) is 6.01 Å². The highest BCUT2D eigenvalue weighted by atomic mass is 16.5. The molecule has 78 valence electrons. The van der Waals surface area contributed by atoms with Crippen molar-refractivity contribution in [3.05, 3.63) is 0 Å². The van der Waals surface area contributed by atoms with E-state index < -0.39 is 0 Å². The zero-order valence-corrected chi connectivity index (χ0v) is 8.47. The molecule has 1 aliphatic rings. The van der Waals surface area contributed by atoms with E-state index in [-0.39, 0.29) is 6.10 Å². The zero-order valence-electron chi connectivity index (χ0n) is 8.47. The summed E-state index contributed by atoms with van der Waals surface area (Å²) in [6, 6.07) is 1.08. The number of rotatable bonds is 2. The third-order valence-corrected chi connectivity index (χ3v) is 2.47. The number of nitrogens with zero attached hydrogens (tertiary/aromatic N) is 4. The van der Waals surface area contributed by atoms with E-state index in [1.807, 2.05) is 0 Å². The highest BCUT2D eigenvalue weighted by Gasteiger charge is 2.20. The van der Waals surface area contributed by atoms with Gasteiger partial charge in [-0.05, 0) is 30.2 Å². The van der Waals surface area contributed by atoms with Crippen molar-refractivity contribution >= 4 is 0 Å². The smallest absolute Gasteiger partial charge is 0.335 e. The number of piperidine rings is 1. The Balaban J connectivity index is 1.89. The second kappa shape index (κ2) is 3.91. The first-order chi connectivity index (χ1) is 6.75. The van der Waals surface area contributed by atoms with Gasteiger partial charge in [-0.3, -0.25) is 0 Å². The number of ether oxygens (including phenoxy) is 1. The Bertz CT molecular complexity index is 292. The molecule has 0 saturated carbocycles. The first-order valence-corrected chi connectivity index (χ1v) is 4.88. The van der Waals surface area contributed by atoms with Crippen molar-refractivity contribution in [3.63, 3.8) is 0 Å². The predicted molar refractivity (Wildman–Crippen MR) is 49.9 cm³/mol. The second-order valence-corrected chi connectivity index (χ2v) is 3.71. The minimum Gasteiger partial charge on any atom is -0.458 e. The quantitative estimate of drug-likeness (QED) is 0.707. The maximum atomic E-state index is 5.64. The third kappa shape index (κ3) is 2.01. The molecule has 2 atom stereocenters. The van der Waals surface area contributed by atoms with Crippen LogP contribution in [-0.4, -0.2) is 38.9 Å². The second-order valence-electron chi connectivity index (χ2n) is 3.71. The number of nitrogens with one attached hydrogen (secondary N) is 1. The van der Waals surface area contributed by atoms with E-state index in [1.54, 1.807) is 7.05 Å². The Kier molecular flexibility index (Phi) is 2.62. The number of hydrogen-bond donors (Lipinski definition) is 1. The summed E-state index contributed by atoms with van der Waals surface area (Å²) in [6.45, 7) is 3.05. The van der Waals surface area contributed by atoms with Gasteiger partial charge in [0.1, 0.15) is 6.10 Å². The van der Waals surface area contributed by atoms with Gasteiger partial charge in [0.2, 0.25) is 0 Å². The molecule has 6 heteroatoms. The van der Waals surface area contributed by atoms with Crippen LogP contribution >= 0.6 is 0 Å². The molecule has 2 unspecified atom stereocenters. The summed E-state index contributed by atoms with van der Waals surface area (Å²) in [6.07, 6.45) is 2.38. The van der Waals surface area contributed by atoms with Crippen molar-refractivity contribution in [1.29, 1.82) is 0 Å². The SMILES string of the molecule is CC1CCC(Oc2nnnn2C)CN1. The fourth-order valence-corrected chi connectivity index (χ4v) is 1.54. The van der Waals surface area contributed by atoms with E-state index in [4.69, 9.17) is 4.74 Å². The fraction of sp³-hybridized carbons (Fsp3) is 0.875. The molecule has 1 aliphatic heterocycles. The number of hydrogen-bond acceptors (Lipinski definition) is 5. The summed E-state index contributed by atoms with van der Waals surface area (Å²) in [5.74, 6) is 0. The van der Waals surface area contributed by atoms with E-state index >= 15 is 0 Å². The minimum absolute atomic E-state index is 0.191. The summed E-state index contributed by atoms with van der Waals surface area (Å²) in [5.41, 5.74) is 0. The van der Waals surface area contributed by atoms with Gasteiger partial charge < -0.3 is 10.1 Å². The molecule has 0 spiro atoms. The summed E-state index contributed by atoms with van der Waals surface area (Å²) in [4.78, 5) is 0. The average Bonchev–Trinajstić information content (AvgIpc) is 2.56.